The molecule has 0 saturated heterocycles. The first kappa shape index (κ1) is 14.9. The molecule has 0 saturated carbocycles. The second-order valence-corrected chi connectivity index (χ2v) is 5.57. The lowest BCUT2D eigenvalue weighted by Crippen LogP contribution is -2.39. The largest absolute Gasteiger partial charge is 0.480 e. The van der Waals surface area contributed by atoms with E-state index in [0.29, 0.717) is 11.4 Å². The highest BCUT2D eigenvalue weighted by Crippen LogP contribution is 2.27. The van der Waals surface area contributed by atoms with Crippen molar-refractivity contribution in [2.24, 2.45) is 5.92 Å². The summed E-state index contributed by atoms with van der Waals surface area (Å²) in [5, 5.41) is 9.03. The predicted octanol–water partition coefficient (Wildman–Crippen LogP) is 2.16. The maximum atomic E-state index is 12.3. The number of benzene rings is 1. The van der Waals surface area contributed by atoms with Gasteiger partial charge in [-0.25, -0.2) is 0 Å². The van der Waals surface area contributed by atoms with E-state index in [4.69, 9.17) is 5.11 Å². The molecule has 5 heteroatoms. The van der Waals surface area contributed by atoms with Crippen LogP contribution in [0.4, 0.5) is 5.69 Å². The molecule has 1 aliphatic carbocycles. The Morgan fingerprint density at radius 1 is 1.35 bits per heavy atom. The van der Waals surface area contributed by atoms with Crippen LogP contribution in [0.1, 0.15) is 24.5 Å². The maximum Gasteiger partial charge on any atom is 0.323 e. The number of hydrogen-bond donors (Lipinski definition) is 2. The molecule has 0 spiro atoms. The van der Waals surface area contributed by atoms with E-state index < -0.39 is 5.97 Å². The van der Waals surface area contributed by atoms with Crippen LogP contribution >= 0.6 is 12.6 Å². The van der Waals surface area contributed by atoms with Gasteiger partial charge in [0.25, 0.3) is 0 Å². The van der Waals surface area contributed by atoms with Crippen LogP contribution in [-0.2, 0) is 22.4 Å². The van der Waals surface area contributed by atoms with E-state index in [-0.39, 0.29) is 18.4 Å². The zero-order valence-electron chi connectivity index (χ0n) is 11.5. The minimum Gasteiger partial charge on any atom is -0.480 e. The maximum absolute atomic E-state index is 12.3. The number of anilines is 1. The van der Waals surface area contributed by atoms with E-state index in [1.165, 1.54) is 16.0 Å². The lowest BCUT2D eigenvalue weighted by atomic mass is 10.1. The molecule has 0 unspecified atom stereocenters. The van der Waals surface area contributed by atoms with Gasteiger partial charge in [-0.05, 0) is 42.5 Å². The van der Waals surface area contributed by atoms with E-state index in [1.807, 2.05) is 18.2 Å². The van der Waals surface area contributed by atoms with Crippen molar-refractivity contribution in [3.05, 3.63) is 29.3 Å². The summed E-state index contributed by atoms with van der Waals surface area (Å²) in [5.74, 6) is -1.10. The number of thiol groups is 1. The predicted molar refractivity (Wildman–Crippen MR) is 81.5 cm³/mol. The fraction of sp³-hybridized carbons (Fsp3) is 0.467. The molecule has 0 bridgehead atoms. The highest BCUT2D eigenvalue weighted by atomic mass is 32.1. The highest BCUT2D eigenvalue weighted by molar-refractivity contribution is 7.80. The van der Waals surface area contributed by atoms with Crippen LogP contribution in [0, 0.1) is 5.92 Å². The molecule has 2 rings (SSSR count). The van der Waals surface area contributed by atoms with Crippen molar-refractivity contribution >= 4 is 30.2 Å². The molecule has 108 valence electrons. The van der Waals surface area contributed by atoms with Gasteiger partial charge in [0.15, 0.2) is 0 Å². The van der Waals surface area contributed by atoms with Crippen LogP contribution in [0.2, 0.25) is 0 Å². The number of carbonyl (C=O) groups is 2. The summed E-state index contributed by atoms with van der Waals surface area (Å²) >= 11 is 4.12. The quantitative estimate of drug-likeness (QED) is 0.818. The number of carboxylic acids is 1. The average Bonchev–Trinajstić information content (AvgIpc) is 2.90. The van der Waals surface area contributed by atoms with E-state index in [0.717, 1.165) is 19.3 Å². The first-order chi connectivity index (χ1) is 9.52. The number of carboxylic acid groups (broad SMARTS) is 1. The van der Waals surface area contributed by atoms with E-state index in [9.17, 15) is 9.59 Å². The molecule has 1 N–H and O–H groups in total. The first-order valence-electron chi connectivity index (χ1n) is 6.78. The molecule has 1 aromatic rings. The Hall–Kier alpha value is -1.49. The molecule has 4 nitrogen and oxygen atoms in total. The minimum atomic E-state index is -1.01. The molecule has 0 fully saturated rings. The van der Waals surface area contributed by atoms with Crippen molar-refractivity contribution < 1.29 is 14.7 Å². The standard InChI is InChI=1S/C15H19NO3S/c1-10(9-20)15(19)16(8-14(17)18)13-6-5-11-3-2-4-12(11)7-13/h5-7,10,20H,2-4,8-9H2,1H3,(H,17,18)/t10-/m0/s1. The smallest absolute Gasteiger partial charge is 0.323 e. The van der Waals surface area contributed by atoms with Gasteiger partial charge in [0.05, 0.1) is 0 Å². The van der Waals surface area contributed by atoms with Gasteiger partial charge in [-0.3, -0.25) is 9.59 Å². The molecule has 0 aliphatic heterocycles. The van der Waals surface area contributed by atoms with Crippen molar-refractivity contribution in [1.82, 2.24) is 0 Å². The second kappa shape index (κ2) is 6.31. The topological polar surface area (TPSA) is 57.6 Å². The van der Waals surface area contributed by atoms with Gasteiger partial charge in [0.2, 0.25) is 5.91 Å². The molecule has 20 heavy (non-hydrogen) atoms. The Kier molecular flexibility index (Phi) is 4.70. The molecule has 1 atom stereocenters. The van der Waals surface area contributed by atoms with Crippen molar-refractivity contribution in [2.75, 3.05) is 17.2 Å². The highest BCUT2D eigenvalue weighted by Gasteiger charge is 2.24. The monoisotopic (exact) mass is 293 g/mol. The number of aryl methyl sites for hydroxylation is 2. The van der Waals surface area contributed by atoms with Crippen LogP contribution in [0.3, 0.4) is 0 Å². The van der Waals surface area contributed by atoms with E-state index >= 15 is 0 Å². The Bertz CT molecular complexity index is 530. The van der Waals surface area contributed by atoms with Gasteiger partial charge in [-0.1, -0.05) is 13.0 Å². The van der Waals surface area contributed by atoms with Crippen LogP contribution in [-0.4, -0.2) is 29.3 Å². The summed E-state index contributed by atoms with van der Waals surface area (Å²) in [4.78, 5) is 24.7. The number of amides is 1. The van der Waals surface area contributed by atoms with Crippen molar-refractivity contribution in [2.45, 2.75) is 26.2 Å². The van der Waals surface area contributed by atoms with Gasteiger partial charge in [0.1, 0.15) is 6.54 Å². The number of carbonyl (C=O) groups excluding carboxylic acids is 1. The molecule has 1 aliphatic rings. The summed E-state index contributed by atoms with van der Waals surface area (Å²) in [7, 11) is 0. The number of nitrogens with zero attached hydrogens (tertiary/aromatic N) is 1. The van der Waals surface area contributed by atoms with E-state index in [1.54, 1.807) is 6.92 Å². The fourth-order valence-electron chi connectivity index (χ4n) is 2.50. The molecular formula is C15H19NO3S. The Labute approximate surface area is 124 Å². The molecule has 1 amide bonds. The van der Waals surface area contributed by atoms with Crippen LogP contribution in [0.5, 0.6) is 0 Å². The van der Waals surface area contributed by atoms with Gasteiger partial charge in [0, 0.05) is 17.4 Å². The number of hydrogen-bond acceptors (Lipinski definition) is 3. The zero-order valence-corrected chi connectivity index (χ0v) is 12.4. The molecule has 1 aromatic carbocycles. The summed E-state index contributed by atoms with van der Waals surface area (Å²) in [6, 6.07) is 5.80. The molecular weight excluding hydrogens is 274 g/mol. The molecule has 0 heterocycles. The van der Waals surface area contributed by atoms with Crippen LogP contribution in [0.25, 0.3) is 0 Å². The number of rotatable bonds is 5. The average molecular weight is 293 g/mol. The fourth-order valence-corrected chi connectivity index (χ4v) is 2.66. The SMILES string of the molecule is C[C@@H](CS)C(=O)N(CC(=O)O)c1ccc2c(c1)CCC2. The van der Waals surface area contributed by atoms with Crippen LogP contribution < -0.4 is 4.90 Å². The Balaban J connectivity index is 2.30. The summed E-state index contributed by atoms with van der Waals surface area (Å²) in [5.41, 5.74) is 3.20. The lowest BCUT2D eigenvalue weighted by molar-refractivity contribution is -0.137. The van der Waals surface area contributed by atoms with Crippen LogP contribution in [0.15, 0.2) is 18.2 Å². The van der Waals surface area contributed by atoms with Crippen molar-refractivity contribution in [3.63, 3.8) is 0 Å². The third-order valence-corrected chi connectivity index (χ3v) is 4.20. The summed E-state index contributed by atoms with van der Waals surface area (Å²) < 4.78 is 0. The van der Waals surface area contributed by atoms with Gasteiger partial charge in [-0.2, -0.15) is 12.6 Å². The van der Waals surface area contributed by atoms with Gasteiger partial charge in [-0.15, -0.1) is 0 Å². The number of fused-ring (bicyclic) bond motifs is 1. The molecule has 0 aromatic heterocycles. The zero-order chi connectivity index (χ0) is 14.7. The molecule has 0 radical (unpaired) electrons. The summed E-state index contributed by atoms with van der Waals surface area (Å²) in [6.07, 6.45) is 3.19. The first-order valence-corrected chi connectivity index (χ1v) is 7.42. The number of aliphatic carboxylic acids is 1. The minimum absolute atomic E-state index is 0.194. The Morgan fingerprint density at radius 2 is 2.05 bits per heavy atom. The van der Waals surface area contributed by atoms with Crippen molar-refractivity contribution in [1.29, 1.82) is 0 Å². The van der Waals surface area contributed by atoms with Gasteiger partial charge >= 0.3 is 5.97 Å². The summed E-state index contributed by atoms with van der Waals surface area (Å²) in [6.45, 7) is 1.45. The van der Waals surface area contributed by atoms with E-state index in [2.05, 4.69) is 12.6 Å². The third-order valence-electron chi connectivity index (χ3n) is 3.65. The van der Waals surface area contributed by atoms with Crippen molar-refractivity contribution in [3.8, 4) is 0 Å². The van der Waals surface area contributed by atoms with Gasteiger partial charge < -0.3 is 10.0 Å². The second-order valence-electron chi connectivity index (χ2n) is 5.21. The normalized spacial score (nSPS) is 14.7. The lowest BCUT2D eigenvalue weighted by Gasteiger charge is -2.24. The Morgan fingerprint density at radius 3 is 2.70 bits per heavy atom. The third kappa shape index (κ3) is 3.15.